The Morgan fingerprint density at radius 3 is 2.73 bits per heavy atom. The topological polar surface area (TPSA) is 33.4 Å². The first-order valence-electron chi connectivity index (χ1n) is 5.37. The molecular weight excluding hydrogens is 188 g/mol. The quantitative estimate of drug-likeness (QED) is 0.812. The standard InChI is InChI=1S/C13H14O2/c1-9-10-4-2-3-5-11(10)15-12(9)8-13(14)6-7-13/h2-5,14H,6-8H2,1H3. The van der Waals surface area contributed by atoms with E-state index in [1.165, 1.54) is 5.56 Å². The number of benzene rings is 1. The highest BCUT2D eigenvalue weighted by molar-refractivity contribution is 5.81. The highest BCUT2D eigenvalue weighted by atomic mass is 16.3. The van der Waals surface area contributed by atoms with Crippen LogP contribution in [0.4, 0.5) is 0 Å². The molecule has 1 aromatic carbocycles. The number of hydrogen-bond acceptors (Lipinski definition) is 2. The maximum Gasteiger partial charge on any atom is 0.134 e. The van der Waals surface area contributed by atoms with E-state index in [0.29, 0.717) is 6.42 Å². The normalized spacial score (nSPS) is 18.3. The van der Waals surface area contributed by atoms with Gasteiger partial charge in [-0.05, 0) is 31.4 Å². The molecule has 0 saturated heterocycles. The van der Waals surface area contributed by atoms with Gasteiger partial charge in [0, 0.05) is 11.8 Å². The van der Waals surface area contributed by atoms with Gasteiger partial charge in [0.15, 0.2) is 0 Å². The molecule has 1 heterocycles. The van der Waals surface area contributed by atoms with Crippen molar-refractivity contribution in [3.63, 3.8) is 0 Å². The van der Waals surface area contributed by atoms with Crippen molar-refractivity contribution < 1.29 is 9.52 Å². The number of hydrogen-bond donors (Lipinski definition) is 1. The first-order valence-corrected chi connectivity index (χ1v) is 5.37. The molecule has 0 atom stereocenters. The lowest BCUT2D eigenvalue weighted by atomic mass is 10.1. The van der Waals surface area contributed by atoms with Gasteiger partial charge in [0.2, 0.25) is 0 Å². The molecular formula is C13H14O2. The SMILES string of the molecule is Cc1c(CC2(O)CC2)oc2ccccc12. The molecule has 0 radical (unpaired) electrons. The minimum Gasteiger partial charge on any atom is -0.461 e. The second kappa shape index (κ2) is 2.86. The average Bonchev–Trinajstić information content (AvgIpc) is 2.87. The van der Waals surface area contributed by atoms with Gasteiger partial charge in [-0.3, -0.25) is 0 Å². The molecule has 0 unspecified atom stereocenters. The maximum atomic E-state index is 9.87. The van der Waals surface area contributed by atoms with E-state index in [0.717, 1.165) is 29.6 Å². The fraction of sp³-hybridized carbons (Fsp3) is 0.385. The van der Waals surface area contributed by atoms with E-state index in [1.54, 1.807) is 0 Å². The number of fused-ring (bicyclic) bond motifs is 1. The van der Waals surface area contributed by atoms with Crippen LogP contribution in [-0.2, 0) is 6.42 Å². The molecule has 0 bridgehead atoms. The Morgan fingerprint density at radius 2 is 2.07 bits per heavy atom. The Labute approximate surface area is 88.5 Å². The number of rotatable bonds is 2. The molecule has 2 aromatic rings. The molecule has 3 rings (SSSR count). The first-order chi connectivity index (χ1) is 7.18. The predicted octanol–water partition coefficient (Wildman–Crippen LogP) is 2.81. The summed E-state index contributed by atoms with van der Waals surface area (Å²) >= 11 is 0. The minimum atomic E-state index is -0.474. The summed E-state index contributed by atoms with van der Waals surface area (Å²) < 4.78 is 5.75. The van der Waals surface area contributed by atoms with Crippen LogP contribution in [0, 0.1) is 6.92 Å². The molecule has 1 fully saturated rings. The van der Waals surface area contributed by atoms with E-state index in [2.05, 4.69) is 13.0 Å². The number of para-hydroxylation sites is 1. The lowest BCUT2D eigenvalue weighted by Gasteiger charge is -2.04. The number of furan rings is 1. The van der Waals surface area contributed by atoms with Gasteiger partial charge in [-0.2, -0.15) is 0 Å². The third-order valence-corrected chi connectivity index (χ3v) is 3.26. The second-order valence-electron chi connectivity index (χ2n) is 4.55. The van der Waals surface area contributed by atoms with Crippen molar-refractivity contribution in [1.82, 2.24) is 0 Å². The lowest BCUT2D eigenvalue weighted by molar-refractivity contribution is 0.144. The molecule has 0 aliphatic heterocycles. The van der Waals surface area contributed by atoms with Gasteiger partial charge >= 0.3 is 0 Å². The van der Waals surface area contributed by atoms with Crippen LogP contribution >= 0.6 is 0 Å². The van der Waals surface area contributed by atoms with Gasteiger partial charge in [-0.1, -0.05) is 18.2 Å². The third-order valence-electron chi connectivity index (χ3n) is 3.26. The fourth-order valence-electron chi connectivity index (χ4n) is 2.01. The Hall–Kier alpha value is -1.28. The van der Waals surface area contributed by atoms with E-state index < -0.39 is 5.60 Å². The van der Waals surface area contributed by atoms with Crippen LogP contribution in [0.5, 0.6) is 0 Å². The Bertz CT molecular complexity index is 506. The highest BCUT2D eigenvalue weighted by Crippen LogP contribution is 2.40. The van der Waals surface area contributed by atoms with Gasteiger partial charge in [0.25, 0.3) is 0 Å². The Kier molecular flexibility index (Phi) is 1.71. The lowest BCUT2D eigenvalue weighted by Crippen LogP contribution is -2.10. The van der Waals surface area contributed by atoms with E-state index in [4.69, 9.17) is 4.42 Å². The largest absolute Gasteiger partial charge is 0.461 e. The Morgan fingerprint density at radius 1 is 1.33 bits per heavy atom. The molecule has 1 aliphatic carbocycles. The molecule has 2 heteroatoms. The molecule has 2 nitrogen and oxygen atoms in total. The number of aryl methyl sites for hydroxylation is 1. The maximum absolute atomic E-state index is 9.87. The van der Waals surface area contributed by atoms with Crippen molar-refractivity contribution in [3.05, 3.63) is 35.6 Å². The van der Waals surface area contributed by atoms with Crippen LogP contribution in [0.3, 0.4) is 0 Å². The molecule has 1 N–H and O–H groups in total. The van der Waals surface area contributed by atoms with Crippen LogP contribution in [0.15, 0.2) is 28.7 Å². The van der Waals surface area contributed by atoms with Crippen LogP contribution in [-0.4, -0.2) is 10.7 Å². The predicted molar refractivity (Wildman–Crippen MR) is 58.8 cm³/mol. The summed E-state index contributed by atoms with van der Waals surface area (Å²) in [5, 5.41) is 11.0. The van der Waals surface area contributed by atoms with Gasteiger partial charge in [-0.15, -0.1) is 0 Å². The molecule has 1 aliphatic rings. The zero-order valence-corrected chi connectivity index (χ0v) is 8.79. The zero-order valence-electron chi connectivity index (χ0n) is 8.79. The highest BCUT2D eigenvalue weighted by Gasteiger charge is 2.41. The summed E-state index contributed by atoms with van der Waals surface area (Å²) in [6.07, 6.45) is 2.47. The summed E-state index contributed by atoms with van der Waals surface area (Å²) in [5.41, 5.74) is 1.62. The smallest absolute Gasteiger partial charge is 0.134 e. The van der Waals surface area contributed by atoms with Gasteiger partial charge in [-0.25, -0.2) is 0 Å². The second-order valence-corrected chi connectivity index (χ2v) is 4.55. The van der Waals surface area contributed by atoms with Crippen molar-refractivity contribution in [2.75, 3.05) is 0 Å². The van der Waals surface area contributed by atoms with Crippen LogP contribution < -0.4 is 0 Å². The third kappa shape index (κ3) is 1.45. The fourth-order valence-corrected chi connectivity index (χ4v) is 2.01. The average molecular weight is 202 g/mol. The molecule has 1 aromatic heterocycles. The van der Waals surface area contributed by atoms with E-state index >= 15 is 0 Å². The van der Waals surface area contributed by atoms with Crippen molar-refractivity contribution >= 4 is 11.0 Å². The van der Waals surface area contributed by atoms with Crippen molar-refractivity contribution in [2.24, 2.45) is 0 Å². The van der Waals surface area contributed by atoms with Crippen molar-refractivity contribution in [1.29, 1.82) is 0 Å². The summed E-state index contributed by atoms with van der Waals surface area (Å²) in [7, 11) is 0. The van der Waals surface area contributed by atoms with E-state index in [-0.39, 0.29) is 0 Å². The van der Waals surface area contributed by atoms with Gasteiger partial charge < -0.3 is 9.52 Å². The van der Waals surface area contributed by atoms with Gasteiger partial charge in [0.1, 0.15) is 11.3 Å². The van der Waals surface area contributed by atoms with Crippen molar-refractivity contribution in [2.45, 2.75) is 31.8 Å². The van der Waals surface area contributed by atoms with E-state index in [9.17, 15) is 5.11 Å². The molecule has 78 valence electrons. The first kappa shape index (κ1) is 8.98. The Balaban J connectivity index is 2.07. The minimum absolute atomic E-state index is 0.474. The molecule has 1 saturated carbocycles. The molecule has 0 spiro atoms. The summed E-state index contributed by atoms with van der Waals surface area (Å²) in [6.45, 7) is 2.06. The summed E-state index contributed by atoms with van der Waals surface area (Å²) in [5.74, 6) is 0.941. The zero-order chi connectivity index (χ0) is 10.5. The summed E-state index contributed by atoms with van der Waals surface area (Å²) in [4.78, 5) is 0. The van der Waals surface area contributed by atoms with Gasteiger partial charge in [0.05, 0.1) is 5.60 Å². The van der Waals surface area contributed by atoms with Crippen LogP contribution in [0.25, 0.3) is 11.0 Å². The van der Waals surface area contributed by atoms with E-state index in [1.807, 2.05) is 18.2 Å². The number of aliphatic hydroxyl groups is 1. The van der Waals surface area contributed by atoms with Crippen LogP contribution in [0.1, 0.15) is 24.2 Å². The summed E-state index contributed by atoms with van der Waals surface area (Å²) in [6, 6.07) is 8.03. The molecule has 0 amide bonds. The molecule has 15 heavy (non-hydrogen) atoms. The van der Waals surface area contributed by atoms with Crippen molar-refractivity contribution in [3.8, 4) is 0 Å². The van der Waals surface area contributed by atoms with Crippen LogP contribution in [0.2, 0.25) is 0 Å². The monoisotopic (exact) mass is 202 g/mol.